The summed E-state index contributed by atoms with van der Waals surface area (Å²) in [6, 6.07) is 5.32. The molecule has 1 unspecified atom stereocenters. The van der Waals surface area contributed by atoms with Crippen LogP contribution in [0.3, 0.4) is 0 Å². The largest absolute Gasteiger partial charge is 0.493 e. The molecule has 0 spiro atoms. The second-order valence-corrected chi connectivity index (χ2v) is 7.12. The molecule has 2 rings (SSSR count). The van der Waals surface area contributed by atoms with E-state index in [2.05, 4.69) is 10.3 Å². The first-order valence-electron chi connectivity index (χ1n) is 8.27. The maximum atomic E-state index is 12.2. The lowest BCUT2D eigenvalue weighted by atomic mass is 10.2. The van der Waals surface area contributed by atoms with E-state index in [0.717, 1.165) is 0 Å². The molecule has 1 amide bonds. The molecule has 1 N–H and O–H groups in total. The number of rotatable bonds is 10. The van der Waals surface area contributed by atoms with Gasteiger partial charge in [0.2, 0.25) is 11.8 Å². The monoisotopic (exact) mass is 396 g/mol. The Morgan fingerprint density at radius 2 is 1.96 bits per heavy atom. The van der Waals surface area contributed by atoms with Gasteiger partial charge in [0, 0.05) is 30.0 Å². The SMILES string of the molecule is COCCNC(=O)CS(=O)Cc1nc(-c2ccc(OC)c(OC)c2)oc1C. The fourth-order valence-electron chi connectivity index (χ4n) is 2.35. The molecular weight excluding hydrogens is 372 g/mol. The maximum absolute atomic E-state index is 12.2. The van der Waals surface area contributed by atoms with E-state index in [1.807, 2.05) is 0 Å². The second kappa shape index (κ2) is 10.1. The summed E-state index contributed by atoms with van der Waals surface area (Å²) in [5.41, 5.74) is 1.27. The molecule has 0 saturated carbocycles. The first-order valence-corrected chi connectivity index (χ1v) is 9.76. The van der Waals surface area contributed by atoms with Gasteiger partial charge in [0.25, 0.3) is 0 Å². The minimum atomic E-state index is -1.39. The van der Waals surface area contributed by atoms with Crippen LogP contribution in [0.2, 0.25) is 0 Å². The fraction of sp³-hybridized carbons (Fsp3) is 0.444. The number of nitrogens with zero attached hydrogens (tertiary/aromatic N) is 1. The fourth-order valence-corrected chi connectivity index (χ4v) is 3.42. The van der Waals surface area contributed by atoms with Crippen molar-refractivity contribution in [3.63, 3.8) is 0 Å². The molecule has 1 aromatic heterocycles. The Balaban J connectivity index is 2.06. The Labute approximate surface area is 160 Å². The Kier molecular flexibility index (Phi) is 7.81. The summed E-state index contributed by atoms with van der Waals surface area (Å²) >= 11 is 0. The molecule has 0 fully saturated rings. The van der Waals surface area contributed by atoms with Gasteiger partial charge < -0.3 is 23.9 Å². The van der Waals surface area contributed by atoms with Gasteiger partial charge in [-0.1, -0.05) is 0 Å². The second-order valence-electron chi connectivity index (χ2n) is 5.66. The molecule has 148 valence electrons. The van der Waals surface area contributed by atoms with Gasteiger partial charge in [-0.2, -0.15) is 0 Å². The lowest BCUT2D eigenvalue weighted by Gasteiger charge is -2.07. The molecule has 0 saturated heterocycles. The van der Waals surface area contributed by atoms with Crippen molar-refractivity contribution in [2.75, 3.05) is 40.2 Å². The number of carbonyl (C=O) groups excluding carboxylic acids is 1. The van der Waals surface area contributed by atoms with Crippen molar-refractivity contribution in [1.82, 2.24) is 10.3 Å². The minimum Gasteiger partial charge on any atom is -0.493 e. The molecule has 1 aromatic carbocycles. The van der Waals surface area contributed by atoms with Gasteiger partial charge in [0.15, 0.2) is 11.5 Å². The predicted octanol–water partition coefficient (Wildman–Crippen LogP) is 1.68. The summed E-state index contributed by atoms with van der Waals surface area (Å²) < 4.78 is 33.3. The number of carbonyl (C=O) groups is 1. The maximum Gasteiger partial charge on any atom is 0.232 e. The number of hydrogen-bond acceptors (Lipinski definition) is 7. The van der Waals surface area contributed by atoms with Crippen LogP contribution in [0.1, 0.15) is 11.5 Å². The van der Waals surface area contributed by atoms with Gasteiger partial charge >= 0.3 is 0 Å². The van der Waals surface area contributed by atoms with Gasteiger partial charge in [-0.05, 0) is 25.1 Å². The van der Waals surface area contributed by atoms with Crippen LogP contribution >= 0.6 is 0 Å². The normalized spacial score (nSPS) is 11.9. The number of oxazole rings is 1. The molecular formula is C18H24N2O6S. The van der Waals surface area contributed by atoms with Crippen LogP contribution in [0.4, 0.5) is 0 Å². The Hall–Kier alpha value is -2.39. The third kappa shape index (κ3) is 5.80. The molecule has 1 heterocycles. The van der Waals surface area contributed by atoms with Crippen molar-refractivity contribution < 1.29 is 27.6 Å². The first-order chi connectivity index (χ1) is 13.0. The average molecular weight is 396 g/mol. The number of methoxy groups -OCH3 is 3. The summed E-state index contributed by atoms with van der Waals surface area (Å²) in [5.74, 6) is 1.88. The van der Waals surface area contributed by atoms with Gasteiger partial charge in [-0.3, -0.25) is 9.00 Å². The van der Waals surface area contributed by atoms with E-state index in [1.165, 1.54) is 0 Å². The van der Waals surface area contributed by atoms with Crippen molar-refractivity contribution in [3.8, 4) is 23.0 Å². The third-order valence-electron chi connectivity index (χ3n) is 3.74. The smallest absolute Gasteiger partial charge is 0.232 e. The number of ether oxygens (including phenoxy) is 3. The highest BCUT2D eigenvalue weighted by molar-refractivity contribution is 7.84. The quantitative estimate of drug-likeness (QED) is 0.610. The molecule has 0 bridgehead atoms. The summed E-state index contributed by atoms with van der Waals surface area (Å²) in [6.07, 6.45) is 0. The van der Waals surface area contributed by atoms with E-state index >= 15 is 0 Å². The lowest BCUT2D eigenvalue weighted by Crippen LogP contribution is -2.31. The van der Waals surface area contributed by atoms with Crippen molar-refractivity contribution in [2.24, 2.45) is 0 Å². The molecule has 0 aliphatic carbocycles. The Bertz CT molecular complexity index is 805. The van der Waals surface area contributed by atoms with Crippen LogP contribution in [0.15, 0.2) is 22.6 Å². The average Bonchev–Trinajstić information content (AvgIpc) is 3.01. The van der Waals surface area contributed by atoms with E-state index in [1.54, 1.807) is 46.5 Å². The highest BCUT2D eigenvalue weighted by Gasteiger charge is 2.17. The van der Waals surface area contributed by atoms with E-state index in [9.17, 15) is 9.00 Å². The van der Waals surface area contributed by atoms with Crippen LogP contribution in [0.25, 0.3) is 11.5 Å². The summed E-state index contributed by atoms with van der Waals surface area (Å²) in [5, 5.41) is 2.64. The molecule has 0 radical (unpaired) electrons. The van der Waals surface area contributed by atoms with Crippen LogP contribution in [0, 0.1) is 6.92 Å². The predicted molar refractivity (Wildman–Crippen MR) is 101 cm³/mol. The highest BCUT2D eigenvalue weighted by Crippen LogP contribution is 2.32. The van der Waals surface area contributed by atoms with Crippen molar-refractivity contribution in [2.45, 2.75) is 12.7 Å². The minimum absolute atomic E-state index is 0.0955. The zero-order valence-electron chi connectivity index (χ0n) is 15.9. The molecule has 9 heteroatoms. The number of benzene rings is 1. The number of amides is 1. The molecule has 1 atom stereocenters. The topological polar surface area (TPSA) is 99.9 Å². The Morgan fingerprint density at radius 1 is 1.22 bits per heavy atom. The van der Waals surface area contributed by atoms with Crippen molar-refractivity contribution in [3.05, 3.63) is 29.7 Å². The number of aromatic nitrogens is 1. The van der Waals surface area contributed by atoms with Gasteiger partial charge in [0.1, 0.15) is 11.5 Å². The Morgan fingerprint density at radius 3 is 2.63 bits per heavy atom. The molecule has 0 aliphatic rings. The van der Waals surface area contributed by atoms with E-state index in [0.29, 0.717) is 47.6 Å². The molecule has 0 aliphatic heterocycles. The summed E-state index contributed by atoms with van der Waals surface area (Å²) in [7, 11) is 3.27. The zero-order chi connectivity index (χ0) is 19.8. The summed E-state index contributed by atoms with van der Waals surface area (Å²) in [4.78, 5) is 16.2. The molecule has 27 heavy (non-hydrogen) atoms. The molecule has 2 aromatic rings. The van der Waals surface area contributed by atoms with Gasteiger partial charge in [-0.25, -0.2) is 4.98 Å². The number of nitrogens with one attached hydrogen (secondary N) is 1. The molecule has 8 nitrogen and oxygen atoms in total. The first kappa shape index (κ1) is 20.9. The summed E-state index contributed by atoms with van der Waals surface area (Å²) in [6.45, 7) is 2.55. The van der Waals surface area contributed by atoms with Crippen molar-refractivity contribution in [1.29, 1.82) is 0 Å². The lowest BCUT2D eigenvalue weighted by molar-refractivity contribution is -0.118. The zero-order valence-corrected chi connectivity index (χ0v) is 16.7. The van der Waals surface area contributed by atoms with Crippen LogP contribution in [0.5, 0.6) is 11.5 Å². The number of aryl methyl sites for hydroxylation is 1. The third-order valence-corrected chi connectivity index (χ3v) is 4.92. The van der Waals surface area contributed by atoms with Crippen LogP contribution in [-0.2, 0) is 26.1 Å². The van der Waals surface area contributed by atoms with Crippen molar-refractivity contribution >= 4 is 16.7 Å². The van der Waals surface area contributed by atoms with Crippen LogP contribution < -0.4 is 14.8 Å². The van der Waals surface area contributed by atoms with Gasteiger partial charge in [-0.15, -0.1) is 0 Å². The van der Waals surface area contributed by atoms with E-state index in [-0.39, 0.29) is 17.4 Å². The highest BCUT2D eigenvalue weighted by atomic mass is 32.2. The number of hydrogen-bond donors (Lipinski definition) is 1. The van der Waals surface area contributed by atoms with Crippen LogP contribution in [-0.4, -0.2) is 55.3 Å². The van der Waals surface area contributed by atoms with E-state index < -0.39 is 10.8 Å². The standard InChI is InChI=1S/C18H24N2O6S/c1-12-14(10-27(22)11-17(21)19-7-8-23-2)20-18(26-12)13-5-6-15(24-3)16(9-13)25-4/h5-6,9H,7-8,10-11H2,1-4H3,(H,19,21). The van der Waals surface area contributed by atoms with E-state index in [4.69, 9.17) is 18.6 Å². The van der Waals surface area contributed by atoms with Gasteiger partial charge in [0.05, 0.1) is 32.3 Å².